The lowest BCUT2D eigenvalue weighted by Crippen LogP contribution is -2.29. The lowest BCUT2D eigenvalue weighted by Gasteiger charge is -2.23. The van der Waals surface area contributed by atoms with E-state index in [9.17, 15) is 25.0 Å². The van der Waals surface area contributed by atoms with Gasteiger partial charge in [0.05, 0.1) is 46.2 Å². The molecular formula is C25H19N7O6S. The topological polar surface area (TPSA) is 188 Å². The third-order valence-electron chi connectivity index (χ3n) is 5.19. The molecule has 0 aliphatic carbocycles. The maximum absolute atomic E-state index is 12.2. The lowest BCUT2D eigenvalue weighted by molar-refractivity contribution is -0.395. The van der Waals surface area contributed by atoms with Crippen LogP contribution < -0.4 is 4.90 Å². The SMILES string of the molecule is N#CCCN(CCOC(=O)c1ccccc1)c1ccc(N=Nc2cc(SC#N)c([N+](=O)[O-])cc2[N+](=O)[O-])cc1. The van der Waals surface area contributed by atoms with E-state index in [4.69, 9.17) is 15.3 Å². The Labute approximate surface area is 226 Å². The highest BCUT2D eigenvalue weighted by molar-refractivity contribution is 8.03. The van der Waals surface area contributed by atoms with E-state index < -0.39 is 27.2 Å². The number of benzene rings is 3. The summed E-state index contributed by atoms with van der Waals surface area (Å²) in [6.07, 6.45) is 0.237. The number of hydrogen-bond donors (Lipinski definition) is 0. The third kappa shape index (κ3) is 7.82. The molecular weight excluding hydrogens is 526 g/mol. The van der Waals surface area contributed by atoms with Crippen LogP contribution >= 0.6 is 11.8 Å². The number of rotatable bonds is 12. The highest BCUT2D eigenvalue weighted by atomic mass is 32.2. The van der Waals surface area contributed by atoms with Crippen molar-refractivity contribution in [2.24, 2.45) is 10.2 Å². The number of carbonyl (C=O) groups excluding carboxylic acids is 1. The van der Waals surface area contributed by atoms with Crippen LogP contribution in [0.4, 0.5) is 28.4 Å². The molecule has 0 aromatic heterocycles. The first-order valence-corrected chi connectivity index (χ1v) is 12.0. The first-order chi connectivity index (χ1) is 18.8. The normalized spacial score (nSPS) is 10.4. The van der Waals surface area contributed by atoms with E-state index in [2.05, 4.69) is 16.3 Å². The molecule has 3 aromatic rings. The van der Waals surface area contributed by atoms with E-state index in [0.29, 0.717) is 41.8 Å². The van der Waals surface area contributed by atoms with Crippen LogP contribution in [-0.2, 0) is 4.74 Å². The molecule has 0 bridgehead atoms. The molecule has 0 aliphatic heterocycles. The van der Waals surface area contributed by atoms with Crippen LogP contribution in [0.15, 0.2) is 81.9 Å². The van der Waals surface area contributed by atoms with E-state index in [1.54, 1.807) is 60.0 Å². The molecule has 0 aliphatic rings. The highest BCUT2D eigenvalue weighted by Crippen LogP contribution is 2.39. The summed E-state index contributed by atoms with van der Waals surface area (Å²) in [5.74, 6) is -0.455. The van der Waals surface area contributed by atoms with Crippen molar-refractivity contribution < 1.29 is 19.4 Å². The van der Waals surface area contributed by atoms with Gasteiger partial charge in [0.25, 0.3) is 5.69 Å². The smallest absolute Gasteiger partial charge is 0.338 e. The summed E-state index contributed by atoms with van der Waals surface area (Å²) in [7, 11) is 0. The average Bonchev–Trinajstić information content (AvgIpc) is 2.94. The Balaban J connectivity index is 1.75. The number of thiocyanates is 1. The maximum atomic E-state index is 12.2. The summed E-state index contributed by atoms with van der Waals surface area (Å²) in [6.45, 7) is 0.803. The van der Waals surface area contributed by atoms with Crippen molar-refractivity contribution in [3.05, 3.63) is 92.5 Å². The van der Waals surface area contributed by atoms with Crippen molar-refractivity contribution in [1.82, 2.24) is 0 Å². The van der Waals surface area contributed by atoms with Gasteiger partial charge < -0.3 is 9.64 Å². The van der Waals surface area contributed by atoms with Gasteiger partial charge in [0.15, 0.2) is 5.69 Å². The molecule has 14 heteroatoms. The van der Waals surface area contributed by atoms with Crippen LogP contribution in [-0.4, -0.2) is 35.5 Å². The second-order valence-electron chi connectivity index (χ2n) is 7.63. The van der Waals surface area contributed by atoms with Crippen molar-refractivity contribution in [2.45, 2.75) is 11.3 Å². The molecule has 0 unspecified atom stereocenters. The molecule has 0 N–H and O–H groups in total. The number of ether oxygens (including phenoxy) is 1. The fourth-order valence-electron chi connectivity index (χ4n) is 3.35. The molecule has 3 rings (SSSR count). The molecule has 0 saturated heterocycles. The fourth-order valence-corrected chi connectivity index (χ4v) is 3.86. The van der Waals surface area contributed by atoms with Crippen LogP contribution in [0.5, 0.6) is 0 Å². The summed E-state index contributed by atoms with van der Waals surface area (Å²) < 4.78 is 5.34. The minimum absolute atomic E-state index is 0.0907. The lowest BCUT2D eigenvalue weighted by atomic mass is 10.2. The maximum Gasteiger partial charge on any atom is 0.338 e. The predicted octanol–water partition coefficient (Wildman–Crippen LogP) is 6.07. The standard InChI is InChI=1S/C25H19N7O6S/c26-11-4-12-30(13-14-38-25(33)18-5-2-1-3-6-18)20-9-7-19(8-10-20)28-29-21-15-24(39-17-27)23(32(36)37)16-22(21)31(34)35/h1-3,5-10,15-16H,4,12-14H2. The Morgan fingerprint density at radius 1 is 0.949 bits per heavy atom. The van der Waals surface area contributed by atoms with Crippen molar-refractivity contribution in [3.63, 3.8) is 0 Å². The second kappa shape index (κ2) is 13.8. The Morgan fingerprint density at radius 3 is 2.26 bits per heavy atom. The number of thioether (sulfide) groups is 1. The first-order valence-electron chi connectivity index (χ1n) is 11.2. The minimum atomic E-state index is -0.817. The number of azo groups is 1. The molecule has 0 heterocycles. The van der Waals surface area contributed by atoms with Crippen LogP contribution in [0.3, 0.4) is 0 Å². The fraction of sp³-hybridized carbons (Fsp3) is 0.160. The van der Waals surface area contributed by atoms with E-state index >= 15 is 0 Å². The molecule has 3 aromatic carbocycles. The molecule has 0 atom stereocenters. The van der Waals surface area contributed by atoms with Gasteiger partial charge >= 0.3 is 11.7 Å². The zero-order valence-corrected chi connectivity index (χ0v) is 21.0. The van der Waals surface area contributed by atoms with Crippen molar-refractivity contribution >= 4 is 46.2 Å². The van der Waals surface area contributed by atoms with Gasteiger partial charge in [0.2, 0.25) is 0 Å². The van der Waals surface area contributed by atoms with Gasteiger partial charge in [-0.1, -0.05) is 18.2 Å². The van der Waals surface area contributed by atoms with Crippen LogP contribution in [0.1, 0.15) is 16.8 Å². The zero-order valence-electron chi connectivity index (χ0n) is 20.2. The van der Waals surface area contributed by atoms with Gasteiger partial charge in [-0.25, -0.2) is 4.79 Å². The monoisotopic (exact) mass is 545 g/mol. The number of nitro groups is 2. The summed E-state index contributed by atoms with van der Waals surface area (Å²) in [4.78, 5) is 35.0. The summed E-state index contributed by atoms with van der Waals surface area (Å²) >= 11 is 0.485. The zero-order chi connectivity index (χ0) is 28.2. The molecule has 0 saturated carbocycles. The Kier molecular flexibility index (Phi) is 10.0. The van der Waals surface area contributed by atoms with Crippen LogP contribution in [0.2, 0.25) is 0 Å². The molecule has 0 fully saturated rings. The first kappa shape index (κ1) is 28.2. The van der Waals surface area contributed by atoms with Gasteiger partial charge in [-0.3, -0.25) is 20.2 Å². The number of nitriles is 2. The molecule has 196 valence electrons. The van der Waals surface area contributed by atoms with Crippen molar-refractivity contribution in [1.29, 1.82) is 10.5 Å². The molecule has 13 nitrogen and oxygen atoms in total. The van der Waals surface area contributed by atoms with Gasteiger partial charge in [-0.05, 0) is 54.2 Å². The summed E-state index contributed by atoms with van der Waals surface area (Å²) in [6, 6.07) is 19.0. The number of hydrogen-bond acceptors (Lipinski definition) is 12. The van der Waals surface area contributed by atoms with Gasteiger partial charge in [-0.15, -0.1) is 5.11 Å². The Hall–Kier alpha value is -5.34. The number of anilines is 1. The van der Waals surface area contributed by atoms with E-state index in [0.717, 1.165) is 12.1 Å². The number of nitro benzene ring substituents is 2. The van der Waals surface area contributed by atoms with Gasteiger partial charge in [0.1, 0.15) is 16.9 Å². The number of nitrogens with zero attached hydrogens (tertiary/aromatic N) is 7. The van der Waals surface area contributed by atoms with E-state index in [1.807, 2.05) is 4.90 Å². The number of esters is 1. The van der Waals surface area contributed by atoms with E-state index in [-0.39, 0.29) is 23.6 Å². The third-order valence-corrected chi connectivity index (χ3v) is 5.83. The number of carbonyl (C=O) groups is 1. The minimum Gasteiger partial charge on any atom is -0.460 e. The molecule has 39 heavy (non-hydrogen) atoms. The molecule has 0 amide bonds. The average molecular weight is 546 g/mol. The van der Waals surface area contributed by atoms with Gasteiger partial charge in [-0.2, -0.15) is 15.6 Å². The largest absolute Gasteiger partial charge is 0.460 e. The summed E-state index contributed by atoms with van der Waals surface area (Å²) in [5.41, 5.74) is 0.0249. The highest BCUT2D eigenvalue weighted by Gasteiger charge is 2.25. The Morgan fingerprint density at radius 2 is 1.64 bits per heavy atom. The van der Waals surface area contributed by atoms with Gasteiger partial charge in [0, 0.05) is 12.2 Å². The molecule has 0 spiro atoms. The predicted molar refractivity (Wildman–Crippen MR) is 141 cm³/mol. The summed E-state index contributed by atoms with van der Waals surface area (Å²) in [5, 5.41) is 50.2. The van der Waals surface area contributed by atoms with Crippen LogP contribution in [0, 0.1) is 42.2 Å². The second-order valence-corrected chi connectivity index (χ2v) is 8.46. The van der Waals surface area contributed by atoms with Crippen LogP contribution in [0.25, 0.3) is 0 Å². The van der Waals surface area contributed by atoms with Crippen molar-refractivity contribution in [2.75, 3.05) is 24.6 Å². The Bertz CT molecular complexity index is 1470. The molecule has 0 radical (unpaired) electrons. The van der Waals surface area contributed by atoms with E-state index in [1.165, 1.54) is 0 Å². The quantitative estimate of drug-likeness (QED) is 0.0645. The van der Waals surface area contributed by atoms with Crippen molar-refractivity contribution in [3.8, 4) is 11.5 Å².